The topological polar surface area (TPSA) is 45.8 Å². The van der Waals surface area contributed by atoms with E-state index >= 15 is 0 Å². The molecule has 0 N–H and O–H groups in total. The van der Waals surface area contributed by atoms with Gasteiger partial charge in [-0.2, -0.15) is 5.26 Å². The Balaban J connectivity index is 1.81. The lowest BCUT2D eigenvalue weighted by Gasteiger charge is -2.05. The first-order chi connectivity index (χ1) is 9.67. The molecule has 3 nitrogen and oxygen atoms in total. The first kappa shape index (κ1) is 12.6. The molecule has 1 heterocycles. The van der Waals surface area contributed by atoms with E-state index in [1.54, 1.807) is 23.0 Å². The van der Waals surface area contributed by atoms with E-state index in [9.17, 15) is 9.18 Å². The summed E-state index contributed by atoms with van der Waals surface area (Å²) in [4.78, 5) is 11.9. The zero-order valence-corrected chi connectivity index (χ0v) is 10.8. The van der Waals surface area contributed by atoms with E-state index in [0.29, 0.717) is 23.2 Å². The molecule has 0 amide bonds. The number of benzene rings is 1. The molecule has 100 valence electrons. The van der Waals surface area contributed by atoms with E-state index in [1.165, 1.54) is 18.2 Å². The minimum atomic E-state index is -0.340. The average Bonchev–Trinajstić information content (AvgIpc) is 3.20. The molecule has 0 spiro atoms. The Hall–Kier alpha value is -2.41. The molecule has 0 bridgehead atoms. The van der Waals surface area contributed by atoms with Crippen molar-refractivity contribution >= 4 is 5.78 Å². The van der Waals surface area contributed by atoms with Crippen LogP contribution in [0, 0.1) is 23.1 Å². The molecular weight excluding hydrogens is 255 g/mol. The fourth-order valence-electron chi connectivity index (χ4n) is 2.23. The molecule has 0 unspecified atom stereocenters. The smallest absolute Gasteiger partial charge is 0.167 e. The van der Waals surface area contributed by atoms with Gasteiger partial charge in [-0.25, -0.2) is 4.39 Å². The Labute approximate surface area is 116 Å². The van der Waals surface area contributed by atoms with Crippen molar-refractivity contribution in [1.29, 1.82) is 5.26 Å². The van der Waals surface area contributed by atoms with Gasteiger partial charge in [-0.15, -0.1) is 0 Å². The van der Waals surface area contributed by atoms with Crippen molar-refractivity contribution in [2.24, 2.45) is 5.92 Å². The summed E-state index contributed by atoms with van der Waals surface area (Å²) in [6.45, 7) is 0.319. The van der Waals surface area contributed by atoms with Gasteiger partial charge in [0.2, 0.25) is 0 Å². The average molecular weight is 268 g/mol. The molecule has 20 heavy (non-hydrogen) atoms. The van der Waals surface area contributed by atoms with Crippen LogP contribution in [0.5, 0.6) is 0 Å². The Morgan fingerprint density at radius 2 is 2.20 bits per heavy atom. The van der Waals surface area contributed by atoms with Gasteiger partial charge in [-0.05, 0) is 37.1 Å². The first-order valence-corrected chi connectivity index (χ1v) is 6.56. The molecule has 0 radical (unpaired) electrons. The Bertz CT molecular complexity index is 708. The Morgan fingerprint density at radius 3 is 2.90 bits per heavy atom. The monoisotopic (exact) mass is 268 g/mol. The van der Waals surface area contributed by atoms with Crippen molar-refractivity contribution in [3.63, 3.8) is 0 Å². The van der Waals surface area contributed by atoms with E-state index < -0.39 is 0 Å². The van der Waals surface area contributed by atoms with E-state index in [0.717, 1.165) is 12.8 Å². The Kier molecular flexibility index (Phi) is 3.11. The highest BCUT2D eigenvalue weighted by Gasteiger charge is 2.30. The summed E-state index contributed by atoms with van der Waals surface area (Å²) < 4.78 is 15.5. The summed E-state index contributed by atoms with van der Waals surface area (Å²) in [7, 11) is 0. The van der Waals surface area contributed by atoms with Crippen molar-refractivity contribution in [1.82, 2.24) is 4.57 Å². The van der Waals surface area contributed by atoms with Crippen LogP contribution in [-0.2, 0) is 6.54 Å². The van der Waals surface area contributed by atoms with Crippen LogP contribution in [0.1, 0.15) is 34.3 Å². The van der Waals surface area contributed by atoms with E-state index in [-0.39, 0.29) is 17.5 Å². The number of carbonyl (C=O) groups is 1. The predicted molar refractivity (Wildman–Crippen MR) is 71.7 cm³/mol. The second kappa shape index (κ2) is 4.93. The van der Waals surface area contributed by atoms with Gasteiger partial charge >= 0.3 is 0 Å². The summed E-state index contributed by atoms with van der Waals surface area (Å²) in [5.74, 6) is 0.0206. The van der Waals surface area contributed by atoms with Crippen LogP contribution in [0.3, 0.4) is 0 Å². The number of nitrogens with zero attached hydrogens (tertiary/aromatic N) is 2. The van der Waals surface area contributed by atoms with Crippen LogP contribution in [0.2, 0.25) is 0 Å². The highest BCUT2D eigenvalue weighted by molar-refractivity contribution is 5.99. The van der Waals surface area contributed by atoms with Gasteiger partial charge in [0.25, 0.3) is 0 Å². The summed E-state index contributed by atoms with van der Waals surface area (Å²) >= 11 is 0. The predicted octanol–water partition coefficient (Wildman–Crippen LogP) is 3.14. The fraction of sp³-hybridized carbons (Fsp3) is 0.250. The molecule has 1 aliphatic carbocycles. The van der Waals surface area contributed by atoms with E-state index in [2.05, 4.69) is 0 Å². The summed E-state index contributed by atoms with van der Waals surface area (Å²) in [6.07, 6.45) is 5.47. The largest absolute Gasteiger partial charge is 0.349 e. The van der Waals surface area contributed by atoms with Crippen molar-refractivity contribution in [2.45, 2.75) is 19.4 Å². The molecular formula is C16H13FN2O. The maximum atomic E-state index is 13.7. The number of carbonyl (C=O) groups excluding carboxylic acids is 1. The minimum absolute atomic E-state index is 0.176. The molecule has 4 heteroatoms. The number of Topliss-reactive ketones (excluding diaryl/α,β-unsaturated/α-hetero) is 1. The molecule has 0 atom stereocenters. The number of hydrogen-bond donors (Lipinski definition) is 0. The van der Waals surface area contributed by atoms with Gasteiger partial charge < -0.3 is 4.57 Å². The van der Waals surface area contributed by atoms with Crippen LogP contribution in [0.4, 0.5) is 4.39 Å². The van der Waals surface area contributed by atoms with Crippen LogP contribution >= 0.6 is 0 Å². The van der Waals surface area contributed by atoms with Gasteiger partial charge in [0, 0.05) is 36.0 Å². The maximum absolute atomic E-state index is 13.7. The summed E-state index contributed by atoms with van der Waals surface area (Å²) in [5, 5.41) is 8.84. The van der Waals surface area contributed by atoms with Gasteiger partial charge in [0.05, 0.1) is 11.6 Å². The third-order valence-corrected chi connectivity index (χ3v) is 3.51. The van der Waals surface area contributed by atoms with Crippen molar-refractivity contribution in [3.05, 3.63) is 59.2 Å². The lowest BCUT2D eigenvalue weighted by atomic mass is 10.1. The number of ketones is 1. The molecule has 1 saturated carbocycles. The molecule has 0 saturated heterocycles. The SMILES string of the molecule is N#Cc1ccc(F)c(Cn2ccc(C(=O)C3CC3)c2)c1. The molecule has 1 aromatic carbocycles. The zero-order valence-electron chi connectivity index (χ0n) is 10.8. The first-order valence-electron chi connectivity index (χ1n) is 6.56. The van der Waals surface area contributed by atoms with Crippen LogP contribution in [0.15, 0.2) is 36.7 Å². The zero-order chi connectivity index (χ0) is 14.1. The van der Waals surface area contributed by atoms with Gasteiger partial charge in [-0.3, -0.25) is 4.79 Å². The molecule has 1 aliphatic rings. The maximum Gasteiger partial charge on any atom is 0.167 e. The second-order valence-electron chi connectivity index (χ2n) is 5.13. The highest BCUT2D eigenvalue weighted by atomic mass is 19.1. The number of nitriles is 1. The van der Waals surface area contributed by atoms with E-state index in [4.69, 9.17) is 5.26 Å². The molecule has 3 rings (SSSR count). The van der Waals surface area contributed by atoms with Crippen molar-refractivity contribution < 1.29 is 9.18 Å². The van der Waals surface area contributed by atoms with E-state index in [1.807, 2.05) is 6.07 Å². The third-order valence-electron chi connectivity index (χ3n) is 3.51. The van der Waals surface area contributed by atoms with Crippen LogP contribution < -0.4 is 0 Å². The summed E-state index contributed by atoms with van der Waals surface area (Å²) in [6, 6.07) is 8.06. The number of hydrogen-bond acceptors (Lipinski definition) is 2. The minimum Gasteiger partial charge on any atom is -0.349 e. The third kappa shape index (κ3) is 2.48. The number of aromatic nitrogens is 1. The second-order valence-corrected chi connectivity index (χ2v) is 5.13. The quantitative estimate of drug-likeness (QED) is 0.800. The fourth-order valence-corrected chi connectivity index (χ4v) is 2.23. The summed E-state index contributed by atoms with van der Waals surface area (Å²) in [5.41, 5.74) is 1.57. The van der Waals surface area contributed by atoms with Gasteiger partial charge in [0.1, 0.15) is 5.82 Å². The van der Waals surface area contributed by atoms with Crippen LogP contribution in [0.25, 0.3) is 0 Å². The number of rotatable bonds is 4. The highest BCUT2D eigenvalue weighted by Crippen LogP contribution is 2.32. The van der Waals surface area contributed by atoms with Gasteiger partial charge in [0.15, 0.2) is 5.78 Å². The van der Waals surface area contributed by atoms with Gasteiger partial charge in [-0.1, -0.05) is 0 Å². The molecule has 2 aromatic rings. The Morgan fingerprint density at radius 1 is 1.40 bits per heavy atom. The lowest BCUT2D eigenvalue weighted by Crippen LogP contribution is -2.02. The number of halogens is 1. The lowest BCUT2D eigenvalue weighted by molar-refractivity contribution is 0.0967. The van der Waals surface area contributed by atoms with Crippen molar-refractivity contribution in [2.75, 3.05) is 0 Å². The normalized spacial score (nSPS) is 14.0. The molecule has 1 fully saturated rings. The molecule has 0 aliphatic heterocycles. The van der Waals surface area contributed by atoms with Crippen molar-refractivity contribution in [3.8, 4) is 6.07 Å². The standard InChI is InChI=1S/C16H13FN2O/c17-15-4-1-11(8-18)7-14(15)10-19-6-5-13(9-19)16(20)12-2-3-12/h1,4-7,9,12H,2-3,10H2. The van der Waals surface area contributed by atoms with Crippen LogP contribution in [-0.4, -0.2) is 10.4 Å². The molecule has 1 aromatic heterocycles.